The van der Waals surface area contributed by atoms with Crippen molar-refractivity contribution >= 4 is 5.91 Å². The Labute approximate surface area is 87.8 Å². The summed E-state index contributed by atoms with van der Waals surface area (Å²) in [6, 6.07) is 0. The van der Waals surface area contributed by atoms with Gasteiger partial charge < -0.3 is 4.90 Å². The Morgan fingerprint density at radius 1 is 1.53 bits per heavy atom. The van der Waals surface area contributed by atoms with Gasteiger partial charge in [-0.2, -0.15) is 0 Å². The zero-order valence-corrected chi connectivity index (χ0v) is 8.96. The molecule has 2 rings (SSSR count). The molecule has 1 saturated heterocycles. The molecule has 0 aromatic carbocycles. The molecule has 1 amide bonds. The van der Waals surface area contributed by atoms with Crippen LogP contribution in [0.25, 0.3) is 0 Å². The highest BCUT2D eigenvalue weighted by Crippen LogP contribution is 2.43. The third-order valence-corrected chi connectivity index (χ3v) is 3.15. The summed E-state index contributed by atoms with van der Waals surface area (Å²) in [4.78, 5) is 13.2. The summed E-state index contributed by atoms with van der Waals surface area (Å²) < 4.78 is 24.7. The fourth-order valence-electron chi connectivity index (χ4n) is 2.18. The molecule has 2 fully saturated rings. The van der Waals surface area contributed by atoms with Crippen molar-refractivity contribution in [2.24, 2.45) is 5.92 Å². The highest BCUT2D eigenvalue weighted by Gasteiger charge is 2.59. The number of hydrogen-bond acceptors (Lipinski definition) is 2. The predicted molar refractivity (Wildman–Crippen MR) is 51.4 cm³/mol. The molecule has 0 bridgehead atoms. The van der Waals surface area contributed by atoms with Gasteiger partial charge in [-0.15, -0.1) is 0 Å². The Bertz CT molecular complexity index is 277. The van der Waals surface area contributed by atoms with E-state index in [0.29, 0.717) is 0 Å². The van der Waals surface area contributed by atoms with Crippen LogP contribution in [0.2, 0.25) is 0 Å². The zero-order chi connectivity index (χ0) is 11.2. The third kappa shape index (κ3) is 1.73. The van der Waals surface area contributed by atoms with Crippen molar-refractivity contribution in [3.8, 4) is 0 Å². The summed E-state index contributed by atoms with van der Waals surface area (Å²) in [7, 11) is 0. The van der Waals surface area contributed by atoms with Gasteiger partial charge in [-0.25, -0.2) is 8.78 Å². The molecule has 1 N–H and O–H groups in total. The van der Waals surface area contributed by atoms with Crippen molar-refractivity contribution in [1.29, 1.82) is 0 Å². The normalized spacial score (nSPS) is 28.5. The average molecular weight is 218 g/mol. The van der Waals surface area contributed by atoms with Crippen LogP contribution in [0.5, 0.6) is 0 Å². The largest absolute Gasteiger partial charge is 0.320 e. The monoisotopic (exact) mass is 218 g/mol. The van der Waals surface area contributed by atoms with Gasteiger partial charge in [0, 0.05) is 0 Å². The molecule has 2 aliphatic rings. The van der Waals surface area contributed by atoms with E-state index in [1.807, 2.05) is 13.8 Å². The number of hydrogen-bond donors (Lipinski definition) is 1. The molecule has 3 nitrogen and oxygen atoms in total. The molecule has 86 valence electrons. The van der Waals surface area contributed by atoms with Gasteiger partial charge in [0.2, 0.25) is 5.91 Å². The molecule has 1 aliphatic heterocycles. The van der Waals surface area contributed by atoms with Crippen LogP contribution in [0.4, 0.5) is 8.78 Å². The maximum absolute atomic E-state index is 12.3. The smallest absolute Gasteiger partial charge is 0.255 e. The van der Waals surface area contributed by atoms with Gasteiger partial charge in [-0.1, -0.05) is 13.8 Å². The van der Waals surface area contributed by atoms with Crippen molar-refractivity contribution in [3.63, 3.8) is 0 Å². The summed E-state index contributed by atoms with van der Waals surface area (Å²) in [5, 5.41) is 3.19. The summed E-state index contributed by atoms with van der Waals surface area (Å²) in [5.74, 6) is 0.0224. The Balaban J connectivity index is 2.13. The number of carbonyl (C=O) groups is 1. The van der Waals surface area contributed by atoms with Gasteiger partial charge in [0.25, 0.3) is 6.43 Å². The van der Waals surface area contributed by atoms with Crippen molar-refractivity contribution < 1.29 is 13.6 Å². The van der Waals surface area contributed by atoms with Gasteiger partial charge in [-0.05, 0) is 18.8 Å². The van der Waals surface area contributed by atoms with Crippen LogP contribution in [-0.4, -0.2) is 35.5 Å². The Morgan fingerprint density at radius 2 is 2.13 bits per heavy atom. The molecule has 1 spiro atoms. The van der Waals surface area contributed by atoms with Crippen LogP contribution >= 0.6 is 0 Å². The Kier molecular flexibility index (Phi) is 2.45. The Hall–Kier alpha value is -0.710. The number of halogens is 2. The molecule has 1 saturated carbocycles. The molecule has 0 radical (unpaired) electrons. The molecule has 0 aromatic rings. The van der Waals surface area contributed by atoms with Gasteiger partial charge in [-0.3, -0.25) is 10.1 Å². The minimum absolute atomic E-state index is 0.137. The van der Waals surface area contributed by atoms with Crippen molar-refractivity contribution in [3.05, 3.63) is 0 Å². The van der Waals surface area contributed by atoms with E-state index in [0.717, 1.165) is 12.8 Å². The van der Waals surface area contributed by atoms with Gasteiger partial charge in [0.1, 0.15) is 0 Å². The topological polar surface area (TPSA) is 32.3 Å². The number of nitrogens with one attached hydrogen (secondary N) is 1. The molecule has 0 aromatic heterocycles. The molecular weight excluding hydrogens is 202 g/mol. The first-order chi connectivity index (χ1) is 6.96. The van der Waals surface area contributed by atoms with E-state index in [1.165, 1.54) is 4.90 Å². The second kappa shape index (κ2) is 3.40. The van der Waals surface area contributed by atoms with E-state index in [9.17, 15) is 13.6 Å². The van der Waals surface area contributed by atoms with Gasteiger partial charge in [0.05, 0.1) is 18.2 Å². The highest BCUT2D eigenvalue weighted by molar-refractivity contribution is 5.91. The number of carbonyl (C=O) groups excluding carboxylic acids is 1. The van der Waals surface area contributed by atoms with Crippen molar-refractivity contribution in [2.45, 2.75) is 44.8 Å². The van der Waals surface area contributed by atoms with Gasteiger partial charge >= 0.3 is 0 Å². The minimum atomic E-state index is -2.45. The maximum Gasteiger partial charge on any atom is 0.255 e. The first-order valence-corrected chi connectivity index (χ1v) is 5.33. The highest BCUT2D eigenvalue weighted by atomic mass is 19.3. The first-order valence-electron chi connectivity index (χ1n) is 5.33. The quantitative estimate of drug-likeness (QED) is 0.772. The lowest BCUT2D eigenvalue weighted by atomic mass is 10.1. The van der Waals surface area contributed by atoms with Crippen molar-refractivity contribution in [2.75, 3.05) is 6.54 Å². The fourth-order valence-corrected chi connectivity index (χ4v) is 2.18. The average Bonchev–Trinajstić information content (AvgIpc) is 2.85. The maximum atomic E-state index is 12.3. The number of alkyl halides is 2. The second-order valence-electron chi connectivity index (χ2n) is 4.76. The van der Waals surface area contributed by atoms with Crippen molar-refractivity contribution in [1.82, 2.24) is 10.2 Å². The van der Waals surface area contributed by atoms with E-state index in [2.05, 4.69) is 5.32 Å². The van der Waals surface area contributed by atoms with E-state index < -0.39 is 18.5 Å². The molecule has 1 heterocycles. The van der Waals surface area contributed by atoms with E-state index in [1.54, 1.807) is 0 Å². The minimum Gasteiger partial charge on any atom is -0.320 e. The first kappa shape index (κ1) is 10.8. The lowest BCUT2D eigenvalue weighted by Crippen LogP contribution is -2.43. The van der Waals surface area contributed by atoms with Crippen LogP contribution in [0, 0.1) is 5.92 Å². The molecule has 5 heteroatoms. The molecule has 1 atom stereocenters. The second-order valence-corrected chi connectivity index (χ2v) is 4.76. The third-order valence-electron chi connectivity index (χ3n) is 3.15. The summed E-state index contributed by atoms with van der Waals surface area (Å²) >= 11 is 0. The van der Waals surface area contributed by atoms with E-state index >= 15 is 0 Å². The number of rotatable bonds is 3. The molecular formula is C10H16F2N2O. The van der Waals surface area contributed by atoms with Crippen LogP contribution < -0.4 is 5.32 Å². The Morgan fingerprint density at radius 3 is 2.53 bits per heavy atom. The molecule has 1 aliphatic carbocycles. The van der Waals surface area contributed by atoms with Crippen LogP contribution in [0.3, 0.4) is 0 Å². The van der Waals surface area contributed by atoms with Crippen LogP contribution in [-0.2, 0) is 4.79 Å². The zero-order valence-electron chi connectivity index (χ0n) is 8.96. The SMILES string of the molecule is CC(C)C1NC2(CC2)C(=O)N1CC(F)F. The van der Waals surface area contributed by atoms with E-state index in [4.69, 9.17) is 0 Å². The van der Waals surface area contributed by atoms with Crippen LogP contribution in [0.1, 0.15) is 26.7 Å². The standard InChI is InChI=1S/C10H16F2N2O/c1-6(2)8-13-10(3-4-10)9(15)14(8)5-7(11)12/h6-8,13H,3-5H2,1-2H3. The van der Waals surface area contributed by atoms with E-state index in [-0.39, 0.29) is 18.0 Å². The lowest BCUT2D eigenvalue weighted by Gasteiger charge is -2.26. The lowest BCUT2D eigenvalue weighted by molar-refractivity contribution is -0.133. The summed E-state index contributed by atoms with van der Waals surface area (Å²) in [6.45, 7) is 3.42. The van der Waals surface area contributed by atoms with Crippen LogP contribution in [0.15, 0.2) is 0 Å². The predicted octanol–water partition coefficient (Wildman–Crippen LogP) is 1.20. The summed E-state index contributed by atoms with van der Waals surface area (Å²) in [6.07, 6.45) is -1.11. The number of amides is 1. The molecule has 15 heavy (non-hydrogen) atoms. The van der Waals surface area contributed by atoms with Gasteiger partial charge in [0.15, 0.2) is 0 Å². The number of nitrogens with zero attached hydrogens (tertiary/aromatic N) is 1. The fraction of sp³-hybridized carbons (Fsp3) is 0.900. The summed E-state index contributed by atoms with van der Waals surface area (Å²) in [5.41, 5.74) is -0.482. The molecule has 1 unspecified atom stereocenters.